The molecule has 0 aromatic rings. The zero-order valence-electron chi connectivity index (χ0n) is 6.89. The second-order valence-corrected chi connectivity index (χ2v) is 2.52. The molecule has 2 amide bonds. The van der Waals surface area contributed by atoms with E-state index in [1.807, 2.05) is 0 Å². The van der Waals surface area contributed by atoms with Gasteiger partial charge in [0, 0.05) is 19.4 Å². The van der Waals surface area contributed by atoms with Crippen LogP contribution in [-0.2, 0) is 9.59 Å². The molecule has 0 aliphatic rings. The molecule has 64 valence electrons. The van der Waals surface area contributed by atoms with Crippen molar-refractivity contribution in [3.8, 4) is 0 Å². The fraction of sp³-hybridized carbons (Fsp3) is 0.714. The van der Waals surface area contributed by atoms with Crippen LogP contribution in [0.5, 0.6) is 0 Å². The number of carbonyl (C=O) groups is 2. The number of carbonyl (C=O) groups excluding carboxylic acids is 2. The van der Waals surface area contributed by atoms with E-state index in [4.69, 9.17) is 5.73 Å². The van der Waals surface area contributed by atoms with Crippen LogP contribution in [0.25, 0.3) is 0 Å². The highest BCUT2D eigenvalue weighted by Crippen LogP contribution is 2.03. The van der Waals surface area contributed by atoms with E-state index < -0.39 is 0 Å². The molecule has 0 radical (unpaired) electrons. The summed E-state index contributed by atoms with van der Waals surface area (Å²) in [6.07, 6.45) is 0.795. The average molecular weight is 158 g/mol. The minimum Gasteiger partial charge on any atom is -0.370 e. The number of nitrogens with two attached hydrogens (primary N) is 1. The Bertz CT molecular complexity index is 157. The van der Waals surface area contributed by atoms with Crippen LogP contribution in [0.3, 0.4) is 0 Å². The molecular weight excluding hydrogens is 144 g/mol. The monoisotopic (exact) mass is 158 g/mol. The molecule has 1 atom stereocenters. The number of hydrogen-bond donors (Lipinski definition) is 2. The molecule has 0 aromatic carbocycles. The van der Waals surface area contributed by atoms with Crippen LogP contribution in [0.15, 0.2) is 0 Å². The molecule has 0 saturated carbocycles. The predicted molar refractivity (Wildman–Crippen MR) is 41.7 cm³/mol. The van der Waals surface area contributed by atoms with Gasteiger partial charge in [-0.25, -0.2) is 0 Å². The Hall–Kier alpha value is -1.06. The van der Waals surface area contributed by atoms with Gasteiger partial charge in [-0.05, 0) is 6.42 Å². The van der Waals surface area contributed by atoms with E-state index >= 15 is 0 Å². The molecular formula is C7H14N2O2. The first-order chi connectivity index (χ1) is 5.07. The highest BCUT2D eigenvalue weighted by atomic mass is 16.2. The second kappa shape index (κ2) is 4.71. The summed E-state index contributed by atoms with van der Waals surface area (Å²) in [5, 5.41) is 2.50. The van der Waals surface area contributed by atoms with Crippen LogP contribution < -0.4 is 11.1 Å². The van der Waals surface area contributed by atoms with Crippen LogP contribution in [0.4, 0.5) is 0 Å². The van der Waals surface area contributed by atoms with Gasteiger partial charge in [-0.3, -0.25) is 9.59 Å². The summed E-state index contributed by atoms with van der Waals surface area (Å²) < 4.78 is 0. The summed E-state index contributed by atoms with van der Waals surface area (Å²) in [7, 11) is 1.57. The molecule has 11 heavy (non-hydrogen) atoms. The smallest absolute Gasteiger partial charge is 0.222 e. The van der Waals surface area contributed by atoms with Crippen molar-refractivity contribution in [1.29, 1.82) is 0 Å². The number of hydrogen-bond acceptors (Lipinski definition) is 2. The first-order valence-electron chi connectivity index (χ1n) is 3.57. The van der Waals surface area contributed by atoms with Crippen molar-refractivity contribution in [1.82, 2.24) is 5.32 Å². The standard InChI is InChI=1S/C7H14N2O2/c1-5(7(11)9-2)3-4-6(8)10/h5H,3-4H2,1-2H3,(H2,8,10)(H,9,11)/t5-/m0/s1. The van der Waals surface area contributed by atoms with Gasteiger partial charge in [0.25, 0.3) is 0 Å². The van der Waals surface area contributed by atoms with Crippen molar-refractivity contribution >= 4 is 11.8 Å². The van der Waals surface area contributed by atoms with Gasteiger partial charge in [-0.2, -0.15) is 0 Å². The zero-order chi connectivity index (χ0) is 8.85. The van der Waals surface area contributed by atoms with Crippen LogP contribution in [0, 0.1) is 5.92 Å². The Morgan fingerprint density at radius 3 is 2.45 bits per heavy atom. The number of amides is 2. The third-order valence-corrected chi connectivity index (χ3v) is 1.52. The molecule has 0 aromatic heterocycles. The normalized spacial score (nSPS) is 12.2. The molecule has 0 aliphatic heterocycles. The van der Waals surface area contributed by atoms with Gasteiger partial charge >= 0.3 is 0 Å². The summed E-state index contributed by atoms with van der Waals surface area (Å²) in [4.78, 5) is 21.2. The molecule has 0 aliphatic carbocycles. The Morgan fingerprint density at radius 1 is 1.55 bits per heavy atom. The molecule has 4 nitrogen and oxygen atoms in total. The summed E-state index contributed by atoms with van der Waals surface area (Å²) in [5.74, 6) is -0.542. The maximum Gasteiger partial charge on any atom is 0.222 e. The Labute approximate surface area is 66.1 Å². The van der Waals surface area contributed by atoms with Crippen molar-refractivity contribution in [2.24, 2.45) is 11.7 Å². The summed E-state index contributed by atoms with van der Waals surface area (Å²) >= 11 is 0. The van der Waals surface area contributed by atoms with Gasteiger partial charge in [0.1, 0.15) is 0 Å². The third kappa shape index (κ3) is 4.36. The van der Waals surface area contributed by atoms with E-state index in [9.17, 15) is 9.59 Å². The lowest BCUT2D eigenvalue weighted by molar-refractivity contribution is -0.124. The van der Waals surface area contributed by atoms with Gasteiger partial charge in [-0.1, -0.05) is 6.92 Å². The Morgan fingerprint density at radius 2 is 2.09 bits per heavy atom. The van der Waals surface area contributed by atoms with E-state index in [0.717, 1.165) is 0 Å². The van der Waals surface area contributed by atoms with E-state index in [2.05, 4.69) is 5.32 Å². The SMILES string of the molecule is CNC(=O)[C@@H](C)CCC(N)=O. The lowest BCUT2D eigenvalue weighted by Gasteiger charge is -2.06. The molecule has 0 saturated heterocycles. The summed E-state index contributed by atoms with van der Waals surface area (Å²) in [5.41, 5.74) is 4.91. The van der Waals surface area contributed by atoms with Gasteiger partial charge in [0.2, 0.25) is 11.8 Å². The van der Waals surface area contributed by atoms with E-state index in [1.165, 1.54) is 0 Å². The maximum absolute atomic E-state index is 10.9. The van der Waals surface area contributed by atoms with Gasteiger partial charge in [0.05, 0.1) is 0 Å². The van der Waals surface area contributed by atoms with Crippen LogP contribution >= 0.6 is 0 Å². The molecule has 0 heterocycles. The predicted octanol–water partition coefficient (Wildman–Crippen LogP) is -0.366. The molecule has 0 bridgehead atoms. The van der Waals surface area contributed by atoms with Crippen LogP contribution in [-0.4, -0.2) is 18.9 Å². The molecule has 0 unspecified atom stereocenters. The van der Waals surface area contributed by atoms with E-state index in [1.54, 1.807) is 14.0 Å². The molecule has 4 heteroatoms. The minimum atomic E-state index is -0.360. The fourth-order valence-electron chi connectivity index (χ4n) is 0.736. The number of primary amides is 1. The fourth-order valence-corrected chi connectivity index (χ4v) is 0.736. The molecule has 0 fully saturated rings. The highest BCUT2D eigenvalue weighted by Gasteiger charge is 2.10. The molecule has 0 rings (SSSR count). The van der Waals surface area contributed by atoms with Crippen LogP contribution in [0.1, 0.15) is 19.8 Å². The van der Waals surface area contributed by atoms with E-state index in [-0.39, 0.29) is 24.2 Å². The van der Waals surface area contributed by atoms with Gasteiger partial charge < -0.3 is 11.1 Å². The average Bonchev–Trinajstić information content (AvgIpc) is 1.98. The van der Waals surface area contributed by atoms with Gasteiger partial charge in [0.15, 0.2) is 0 Å². The van der Waals surface area contributed by atoms with Crippen molar-refractivity contribution in [2.45, 2.75) is 19.8 Å². The number of rotatable bonds is 4. The van der Waals surface area contributed by atoms with Crippen LogP contribution in [0.2, 0.25) is 0 Å². The summed E-state index contributed by atoms with van der Waals surface area (Å²) in [6, 6.07) is 0. The largest absolute Gasteiger partial charge is 0.370 e. The third-order valence-electron chi connectivity index (χ3n) is 1.52. The second-order valence-electron chi connectivity index (χ2n) is 2.52. The highest BCUT2D eigenvalue weighted by molar-refractivity contribution is 5.79. The zero-order valence-corrected chi connectivity index (χ0v) is 6.89. The number of nitrogens with one attached hydrogen (secondary N) is 1. The quantitative estimate of drug-likeness (QED) is 0.586. The van der Waals surface area contributed by atoms with Crippen molar-refractivity contribution in [3.05, 3.63) is 0 Å². The lowest BCUT2D eigenvalue weighted by atomic mass is 10.1. The van der Waals surface area contributed by atoms with E-state index in [0.29, 0.717) is 6.42 Å². The first-order valence-corrected chi connectivity index (χ1v) is 3.57. The maximum atomic E-state index is 10.9. The summed E-state index contributed by atoms with van der Waals surface area (Å²) in [6.45, 7) is 1.77. The van der Waals surface area contributed by atoms with Crippen molar-refractivity contribution in [3.63, 3.8) is 0 Å². The molecule has 0 spiro atoms. The first kappa shape index (κ1) is 9.94. The topological polar surface area (TPSA) is 72.2 Å². The Balaban J connectivity index is 3.60. The van der Waals surface area contributed by atoms with Crippen molar-refractivity contribution < 1.29 is 9.59 Å². The Kier molecular flexibility index (Phi) is 4.26. The minimum absolute atomic E-state index is 0.0498. The van der Waals surface area contributed by atoms with Crippen molar-refractivity contribution in [2.75, 3.05) is 7.05 Å². The molecule has 3 N–H and O–H groups in total. The van der Waals surface area contributed by atoms with Gasteiger partial charge in [-0.15, -0.1) is 0 Å². The lowest BCUT2D eigenvalue weighted by Crippen LogP contribution is -2.26.